The number of ether oxygens (including phenoxy) is 1. The van der Waals surface area contributed by atoms with Gasteiger partial charge in [-0.1, -0.05) is 0 Å². The van der Waals surface area contributed by atoms with Gasteiger partial charge in [-0.3, -0.25) is 10.1 Å². The van der Waals surface area contributed by atoms with E-state index in [-0.39, 0.29) is 11.4 Å². The highest BCUT2D eigenvalue weighted by Crippen LogP contribution is 2.24. The van der Waals surface area contributed by atoms with Gasteiger partial charge in [0.2, 0.25) is 0 Å². The van der Waals surface area contributed by atoms with Crippen LogP contribution in [0.4, 0.5) is 10.5 Å². The van der Waals surface area contributed by atoms with Crippen molar-refractivity contribution in [2.45, 2.75) is 26.4 Å². The summed E-state index contributed by atoms with van der Waals surface area (Å²) in [5.74, 6) is -0.180. The average molecular weight is 237 g/mol. The van der Waals surface area contributed by atoms with E-state index in [1.807, 2.05) is 0 Å². The number of phenols is 1. The minimum atomic E-state index is -0.661. The maximum absolute atomic E-state index is 11.4. The van der Waals surface area contributed by atoms with Gasteiger partial charge in [-0.15, -0.1) is 0 Å². The first-order valence-electron chi connectivity index (χ1n) is 5.10. The predicted octanol–water partition coefficient (Wildman–Crippen LogP) is 2.55. The number of aromatic hydroxyl groups is 1. The molecule has 1 amide bonds. The van der Waals surface area contributed by atoms with Crippen molar-refractivity contribution in [1.82, 2.24) is 0 Å². The molecule has 0 fully saturated rings. The second-order valence-electron chi connectivity index (χ2n) is 4.52. The Morgan fingerprint density at radius 2 is 2.06 bits per heavy atom. The van der Waals surface area contributed by atoms with E-state index in [0.29, 0.717) is 11.8 Å². The fraction of sp³-hybridized carbons (Fsp3) is 0.333. The summed E-state index contributed by atoms with van der Waals surface area (Å²) < 4.78 is 5.02. The first-order valence-corrected chi connectivity index (χ1v) is 5.10. The summed E-state index contributed by atoms with van der Waals surface area (Å²) in [6.07, 6.45) is -0.0524. The molecule has 17 heavy (non-hydrogen) atoms. The summed E-state index contributed by atoms with van der Waals surface area (Å²) in [7, 11) is 0. The van der Waals surface area contributed by atoms with Crippen LogP contribution in [-0.4, -0.2) is 23.1 Å². The number of rotatable bonds is 2. The molecule has 1 aromatic carbocycles. The van der Waals surface area contributed by atoms with E-state index in [4.69, 9.17) is 4.74 Å². The van der Waals surface area contributed by atoms with Crippen LogP contribution in [0.25, 0.3) is 0 Å². The summed E-state index contributed by atoms with van der Waals surface area (Å²) in [5, 5.41) is 11.9. The molecule has 1 aromatic rings. The number of benzene rings is 1. The second-order valence-corrected chi connectivity index (χ2v) is 4.52. The van der Waals surface area contributed by atoms with Crippen molar-refractivity contribution in [3.8, 4) is 5.75 Å². The summed E-state index contributed by atoms with van der Waals surface area (Å²) in [6, 6.07) is 4.18. The molecule has 0 aliphatic heterocycles. The average Bonchev–Trinajstić information content (AvgIpc) is 2.18. The van der Waals surface area contributed by atoms with Crippen molar-refractivity contribution in [2.75, 3.05) is 5.32 Å². The van der Waals surface area contributed by atoms with Crippen LogP contribution in [0.5, 0.6) is 5.75 Å². The number of phenolic OH excluding ortho intramolecular Hbond substituents is 1. The van der Waals surface area contributed by atoms with E-state index in [2.05, 4.69) is 5.32 Å². The number of hydrogen-bond acceptors (Lipinski definition) is 4. The third-order valence-corrected chi connectivity index (χ3v) is 1.79. The highest BCUT2D eigenvalue weighted by molar-refractivity contribution is 5.88. The zero-order valence-corrected chi connectivity index (χ0v) is 9.98. The molecule has 0 atom stereocenters. The molecule has 0 saturated carbocycles. The molecule has 0 unspecified atom stereocenters. The van der Waals surface area contributed by atoms with Crippen LogP contribution in [0.3, 0.4) is 0 Å². The zero-order chi connectivity index (χ0) is 13.1. The Hall–Kier alpha value is -2.04. The van der Waals surface area contributed by atoms with Crippen LogP contribution >= 0.6 is 0 Å². The van der Waals surface area contributed by atoms with E-state index < -0.39 is 11.7 Å². The lowest BCUT2D eigenvalue weighted by Crippen LogP contribution is -2.27. The number of carbonyl (C=O) groups excluding carboxylic acids is 2. The number of hydrogen-bond donors (Lipinski definition) is 2. The number of amides is 1. The number of aldehydes is 1. The van der Waals surface area contributed by atoms with Crippen molar-refractivity contribution in [3.63, 3.8) is 0 Å². The van der Waals surface area contributed by atoms with Gasteiger partial charge in [0.25, 0.3) is 0 Å². The monoisotopic (exact) mass is 237 g/mol. The SMILES string of the molecule is CC(C)(C)OC(=O)Nc1ccc(C=O)cc1O. The van der Waals surface area contributed by atoms with Gasteiger partial charge in [0.05, 0.1) is 5.69 Å². The van der Waals surface area contributed by atoms with Crippen molar-refractivity contribution < 1.29 is 19.4 Å². The topological polar surface area (TPSA) is 75.6 Å². The fourth-order valence-electron chi connectivity index (χ4n) is 1.14. The maximum atomic E-state index is 11.4. The Labute approximate surface area is 99.4 Å². The smallest absolute Gasteiger partial charge is 0.412 e. The van der Waals surface area contributed by atoms with Gasteiger partial charge in [-0.2, -0.15) is 0 Å². The van der Waals surface area contributed by atoms with Gasteiger partial charge in [0.1, 0.15) is 17.6 Å². The third kappa shape index (κ3) is 4.14. The van der Waals surface area contributed by atoms with Crippen LogP contribution in [0.15, 0.2) is 18.2 Å². The molecular weight excluding hydrogens is 222 g/mol. The Balaban J connectivity index is 2.75. The Morgan fingerprint density at radius 1 is 1.41 bits per heavy atom. The molecule has 0 saturated heterocycles. The molecule has 1 rings (SSSR count). The highest BCUT2D eigenvalue weighted by atomic mass is 16.6. The quantitative estimate of drug-likeness (QED) is 0.612. The molecule has 5 heteroatoms. The van der Waals surface area contributed by atoms with Crippen molar-refractivity contribution >= 4 is 18.1 Å². The predicted molar refractivity (Wildman–Crippen MR) is 63.4 cm³/mol. The van der Waals surface area contributed by atoms with Gasteiger partial charge < -0.3 is 9.84 Å². The minimum Gasteiger partial charge on any atom is -0.506 e. The van der Waals surface area contributed by atoms with Crippen LogP contribution in [-0.2, 0) is 4.74 Å². The van der Waals surface area contributed by atoms with Crippen LogP contribution in [0, 0.1) is 0 Å². The molecule has 5 nitrogen and oxygen atoms in total. The lowest BCUT2D eigenvalue weighted by atomic mass is 10.2. The lowest BCUT2D eigenvalue weighted by molar-refractivity contribution is 0.0635. The summed E-state index contributed by atoms with van der Waals surface area (Å²) in [5.41, 5.74) is -0.0790. The molecular formula is C12H15NO4. The molecule has 2 N–H and O–H groups in total. The molecule has 0 aliphatic carbocycles. The van der Waals surface area contributed by atoms with E-state index in [9.17, 15) is 14.7 Å². The Kier molecular flexibility index (Phi) is 3.73. The molecule has 0 spiro atoms. The van der Waals surface area contributed by atoms with Crippen LogP contribution in [0.1, 0.15) is 31.1 Å². The van der Waals surface area contributed by atoms with E-state index in [0.717, 1.165) is 0 Å². The first-order chi connectivity index (χ1) is 7.81. The third-order valence-electron chi connectivity index (χ3n) is 1.79. The highest BCUT2D eigenvalue weighted by Gasteiger charge is 2.17. The van der Waals surface area contributed by atoms with E-state index in [1.54, 1.807) is 20.8 Å². The number of nitrogens with one attached hydrogen (secondary N) is 1. The zero-order valence-electron chi connectivity index (χ0n) is 9.98. The Morgan fingerprint density at radius 3 is 2.53 bits per heavy atom. The fourth-order valence-corrected chi connectivity index (χ4v) is 1.14. The largest absolute Gasteiger partial charge is 0.506 e. The maximum Gasteiger partial charge on any atom is 0.412 e. The van der Waals surface area contributed by atoms with Gasteiger partial charge >= 0.3 is 6.09 Å². The van der Waals surface area contributed by atoms with Crippen LogP contribution < -0.4 is 5.32 Å². The van der Waals surface area contributed by atoms with Gasteiger partial charge in [-0.25, -0.2) is 4.79 Å². The summed E-state index contributed by atoms with van der Waals surface area (Å²) in [4.78, 5) is 21.9. The van der Waals surface area contributed by atoms with Crippen molar-refractivity contribution in [2.24, 2.45) is 0 Å². The van der Waals surface area contributed by atoms with Crippen LogP contribution in [0.2, 0.25) is 0 Å². The van der Waals surface area contributed by atoms with E-state index in [1.165, 1.54) is 18.2 Å². The second kappa shape index (κ2) is 4.86. The minimum absolute atomic E-state index is 0.180. The van der Waals surface area contributed by atoms with Gasteiger partial charge in [-0.05, 0) is 39.0 Å². The molecule has 92 valence electrons. The van der Waals surface area contributed by atoms with Gasteiger partial charge in [0.15, 0.2) is 0 Å². The molecule has 0 aliphatic rings. The van der Waals surface area contributed by atoms with Crippen molar-refractivity contribution in [3.05, 3.63) is 23.8 Å². The first kappa shape index (κ1) is 13.0. The number of anilines is 1. The Bertz CT molecular complexity index is 435. The summed E-state index contributed by atoms with van der Waals surface area (Å²) >= 11 is 0. The molecule has 0 heterocycles. The molecule has 0 aromatic heterocycles. The summed E-state index contributed by atoms with van der Waals surface area (Å²) in [6.45, 7) is 5.21. The molecule has 0 radical (unpaired) electrons. The molecule has 0 bridgehead atoms. The van der Waals surface area contributed by atoms with E-state index >= 15 is 0 Å². The normalized spacial score (nSPS) is 10.8. The van der Waals surface area contributed by atoms with Gasteiger partial charge in [0, 0.05) is 5.56 Å². The van der Waals surface area contributed by atoms with Crippen molar-refractivity contribution in [1.29, 1.82) is 0 Å². The number of carbonyl (C=O) groups is 2. The lowest BCUT2D eigenvalue weighted by Gasteiger charge is -2.19. The standard InChI is InChI=1S/C12H15NO4/c1-12(2,3)17-11(16)13-9-5-4-8(7-14)6-10(9)15/h4-7,15H,1-3H3,(H,13,16).